The third-order valence-corrected chi connectivity index (χ3v) is 5.16. The smallest absolute Gasteiger partial charge is 0.416 e. The molecule has 4 aromatic rings. The molecule has 2 aromatic heterocycles. The first kappa shape index (κ1) is 22.6. The quantitative estimate of drug-likeness (QED) is 0.262. The molecular formula is C23H14F3N3O5. The summed E-state index contributed by atoms with van der Waals surface area (Å²) >= 11 is 0. The van der Waals surface area contributed by atoms with Crippen molar-refractivity contribution in [1.29, 1.82) is 0 Å². The largest absolute Gasteiger partial charge is 0.506 e. The lowest BCUT2D eigenvalue weighted by Crippen LogP contribution is -2.27. The number of carbonyl (C=O) groups excluding carboxylic acids is 1. The van der Waals surface area contributed by atoms with E-state index in [9.17, 15) is 38.0 Å². The molecule has 0 amide bonds. The molecule has 11 heteroatoms. The molecule has 0 aliphatic rings. The summed E-state index contributed by atoms with van der Waals surface area (Å²) in [6, 6.07) is 12.1. The molecule has 1 N–H and O–H groups in total. The standard InChI is InChI=1S/C23H14F3N3O5/c24-23(25,26)14-6-3-7-15(12-14)28-21-16(8-4-10-27-21)20(31)19(22(28)32)18(30)11-13-5-1-2-9-17(13)29(33)34/h1-10,12,31H,11H2. The molecule has 8 nitrogen and oxygen atoms in total. The number of para-hydroxylation sites is 1. The number of carbonyl (C=O) groups is 1. The summed E-state index contributed by atoms with van der Waals surface area (Å²) in [7, 11) is 0. The van der Waals surface area contributed by atoms with E-state index >= 15 is 0 Å². The van der Waals surface area contributed by atoms with Crippen LogP contribution in [0.1, 0.15) is 21.5 Å². The Morgan fingerprint density at radius 2 is 1.82 bits per heavy atom. The van der Waals surface area contributed by atoms with E-state index in [4.69, 9.17) is 0 Å². The molecule has 0 atom stereocenters. The van der Waals surface area contributed by atoms with Gasteiger partial charge in [-0.25, -0.2) is 4.98 Å². The number of benzene rings is 2. The van der Waals surface area contributed by atoms with Gasteiger partial charge in [0.2, 0.25) is 0 Å². The zero-order valence-electron chi connectivity index (χ0n) is 17.1. The summed E-state index contributed by atoms with van der Waals surface area (Å²) in [4.78, 5) is 41.0. The van der Waals surface area contributed by atoms with Crippen molar-refractivity contribution in [2.45, 2.75) is 12.6 Å². The second-order valence-corrected chi connectivity index (χ2v) is 7.27. The van der Waals surface area contributed by atoms with Gasteiger partial charge in [-0.05, 0) is 30.3 Å². The van der Waals surface area contributed by atoms with E-state index in [2.05, 4.69) is 4.98 Å². The first-order valence-corrected chi connectivity index (χ1v) is 9.75. The molecule has 172 valence electrons. The number of halogens is 3. The van der Waals surface area contributed by atoms with Gasteiger partial charge in [0.1, 0.15) is 11.3 Å². The van der Waals surface area contributed by atoms with Gasteiger partial charge in [-0.2, -0.15) is 13.2 Å². The highest BCUT2D eigenvalue weighted by molar-refractivity contribution is 6.04. The van der Waals surface area contributed by atoms with E-state index in [-0.39, 0.29) is 28.0 Å². The van der Waals surface area contributed by atoms with Crippen molar-refractivity contribution < 1.29 is 28.0 Å². The summed E-state index contributed by atoms with van der Waals surface area (Å²) in [6.45, 7) is 0. The Kier molecular flexibility index (Phi) is 5.61. The molecule has 0 aliphatic carbocycles. The lowest BCUT2D eigenvalue weighted by atomic mass is 10.0. The number of hydrogen-bond donors (Lipinski definition) is 1. The predicted octanol–water partition coefficient (Wildman–Crippen LogP) is 4.44. The number of ketones is 1. The maximum absolute atomic E-state index is 13.3. The molecular weight excluding hydrogens is 455 g/mol. The topological polar surface area (TPSA) is 115 Å². The van der Waals surface area contributed by atoms with Crippen molar-refractivity contribution >= 4 is 22.5 Å². The molecule has 4 rings (SSSR count). The molecule has 0 spiro atoms. The Morgan fingerprint density at radius 1 is 1.09 bits per heavy atom. The zero-order chi connectivity index (χ0) is 24.6. The minimum absolute atomic E-state index is 0.00759. The predicted molar refractivity (Wildman–Crippen MR) is 115 cm³/mol. The average molecular weight is 469 g/mol. The van der Waals surface area contributed by atoms with Gasteiger partial charge in [-0.1, -0.05) is 24.3 Å². The minimum atomic E-state index is -4.69. The summed E-state index contributed by atoms with van der Waals surface area (Å²) in [5, 5.41) is 22.0. The highest BCUT2D eigenvalue weighted by Crippen LogP contribution is 2.32. The van der Waals surface area contributed by atoms with Gasteiger partial charge in [0.15, 0.2) is 11.4 Å². The Labute approximate surface area is 188 Å². The molecule has 0 radical (unpaired) electrons. The number of nitro benzene ring substituents is 1. The van der Waals surface area contributed by atoms with Crippen LogP contribution in [0.3, 0.4) is 0 Å². The van der Waals surface area contributed by atoms with Crippen LogP contribution >= 0.6 is 0 Å². The molecule has 0 bridgehead atoms. The molecule has 34 heavy (non-hydrogen) atoms. The van der Waals surface area contributed by atoms with E-state index in [1.54, 1.807) is 0 Å². The Bertz CT molecular complexity index is 1510. The fraction of sp³-hybridized carbons (Fsp3) is 0.0870. The van der Waals surface area contributed by atoms with Gasteiger partial charge in [0.25, 0.3) is 11.2 Å². The van der Waals surface area contributed by atoms with Crippen molar-refractivity contribution in [3.8, 4) is 11.4 Å². The maximum atomic E-state index is 13.3. The van der Waals surface area contributed by atoms with Gasteiger partial charge in [-0.15, -0.1) is 0 Å². The highest BCUT2D eigenvalue weighted by atomic mass is 19.4. The van der Waals surface area contributed by atoms with Crippen LogP contribution in [0.4, 0.5) is 18.9 Å². The van der Waals surface area contributed by atoms with Crippen molar-refractivity contribution in [2.24, 2.45) is 0 Å². The van der Waals surface area contributed by atoms with E-state index in [1.165, 1.54) is 48.7 Å². The minimum Gasteiger partial charge on any atom is -0.506 e. The normalized spacial score (nSPS) is 11.5. The first-order chi connectivity index (χ1) is 16.1. The van der Waals surface area contributed by atoms with E-state index in [1.807, 2.05) is 0 Å². The molecule has 0 saturated heterocycles. The van der Waals surface area contributed by atoms with Gasteiger partial charge in [-0.3, -0.25) is 24.3 Å². The number of fused-ring (bicyclic) bond motifs is 1. The molecule has 2 heterocycles. The highest BCUT2D eigenvalue weighted by Gasteiger charge is 2.31. The fourth-order valence-corrected chi connectivity index (χ4v) is 3.62. The van der Waals surface area contributed by atoms with Crippen LogP contribution in [0, 0.1) is 10.1 Å². The molecule has 0 aliphatic heterocycles. The number of nitro groups is 1. The number of Topliss-reactive ketones (excluding diaryl/α,β-unsaturated/α-hetero) is 1. The number of hydrogen-bond acceptors (Lipinski definition) is 6. The monoisotopic (exact) mass is 469 g/mol. The molecule has 0 unspecified atom stereocenters. The van der Waals surface area contributed by atoms with Crippen LogP contribution in [0.15, 0.2) is 71.7 Å². The van der Waals surface area contributed by atoms with Crippen molar-refractivity contribution in [3.05, 3.63) is 104 Å². The summed E-state index contributed by atoms with van der Waals surface area (Å²) in [5.74, 6) is -1.65. The SMILES string of the molecule is O=C(Cc1ccccc1[N+](=O)[O-])c1c(O)c2cccnc2n(-c2cccc(C(F)(F)F)c2)c1=O. The molecule has 0 fully saturated rings. The Hall–Kier alpha value is -4.54. The average Bonchev–Trinajstić information content (AvgIpc) is 2.79. The van der Waals surface area contributed by atoms with E-state index in [0.717, 1.165) is 22.8 Å². The number of pyridine rings is 2. The van der Waals surface area contributed by atoms with Gasteiger partial charge in [0, 0.05) is 24.2 Å². The van der Waals surface area contributed by atoms with E-state index < -0.39 is 45.7 Å². The first-order valence-electron chi connectivity index (χ1n) is 9.75. The number of rotatable bonds is 5. The lowest BCUT2D eigenvalue weighted by molar-refractivity contribution is -0.385. The van der Waals surface area contributed by atoms with Crippen LogP contribution in [-0.4, -0.2) is 25.4 Å². The van der Waals surface area contributed by atoms with Gasteiger partial charge < -0.3 is 5.11 Å². The third kappa shape index (κ3) is 3.98. The molecule has 0 saturated carbocycles. The van der Waals surface area contributed by atoms with Gasteiger partial charge in [0.05, 0.1) is 21.6 Å². The summed E-state index contributed by atoms with van der Waals surface area (Å²) in [5.41, 5.74) is -3.57. The van der Waals surface area contributed by atoms with Crippen molar-refractivity contribution in [1.82, 2.24) is 9.55 Å². The van der Waals surface area contributed by atoms with E-state index in [0.29, 0.717) is 0 Å². The van der Waals surface area contributed by atoms with Crippen LogP contribution < -0.4 is 5.56 Å². The fourth-order valence-electron chi connectivity index (χ4n) is 3.62. The van der Waals surface area contributed by atoms with Crippen molar-refractivity contribution in [3.63, 3.8) is 0 Å². The third-order valence-electron chi connectivity index (χ3n) is 5.16. The van der Waals surface area contributed by atoms with Crippen LogP contribution in [0.25, 0.3) is 16.7 Å². The van der Waals surface area contributed by atoms with Crippen molar-refractivity contribution in [2.75, 3.05) is 0 Å². The van der Waals surface area contributed by atoms with Crippen LogP contribution in [0.2, 0.25) is 0 Å². The second kappa shape index (κ2) is 8.43. The summed E-state index contributed by atoms with van der Waals surface area (Å²) < 4.78 is 40.6. The lowest BCUT2D eigenvalue weighted by Gasteiger charge is -2.15. The molecule has 2 aromatic carbocycles. The summed E-state index contributed by atoms with van der Waals surface area (Å²) in [6.07, 6.45) is -4.00. The second-order valence-electron chi connectivity index (χ2n) is 7.27. The number of aromatic nitrogens is 2. The Balaban J connectivity index is 1.95. The van der Waals surface area contributed by atoms with Crippen LogP contribution in [0.5, 0.6) is 5.75 Å². The maximum Gasteiger partial charge on any atom is 0.416 e. The number of aromatic hydroxyl groups is 1. The Morgan fingerprint density at radius 3 is 2.53 bits per heavy atom. The number of nitrogens with zero attached hydrogens (tertiary/aromatic N) is 3. The van der Waals surface area contributed by atoms with Crippen LogP contribution in [-0.2, 0) is 12.6 Å². The number of alkyl halides is 3. The zero-order valence-corrected chi connectivity index (χ0v) is 17.1. The van der Waals surface area contributed by atoms with Gasteiger partial charge >= 0.3 is 6.18 Å².